The molecule has 4 heterocycles. The monoisotopic (exact) mass is 590 g/mol. The Morgan fingerprint density at radius 1 is 1.41 bits per heavy atom. The van der Waals surface area contributed by atoms with Crippen LogP contribution in [0.25, 0.3) is 0 Å². The van der Waals surface area contributed by atoms with Crippen molar-refractivity contribution < 1.29 is 28.9 Å². The van der Waals surface area contributed by atoms with E-state index in [9.17, 15) is 19.5 Å². The number of carboxylic acid groups (broad SMARTS) is 1. The molecule has 2 aromatic heterocycles. The van der Waals surface area contributed by atoms with Gasteiger partial charge >= 0.3 is 11.1 Å². The van der Waals surface area contributed by atoms with Crippen LogP contribution in [0, 0.1) is 12.3 Å². The van der Waals surface area contributed by atoms with Crippen LogP contribution in [0.5, 0.6) is 0 Å². The summed E-state index contributed by atoms with van der Waals surface area (Å²) in [5.41, 5.74) is 17.9. The Kier molecular flexibility index (Phi) is 8.47. The minimum atomic E-state index is -1.25. The van der Waals surface area contributed by atoms with E-state index < -0.39 is 29.2 Å². The van der Waals surface area contributed by atoms with Gasteiger partial charge in [-0.1, -0.05) is 16.1 Å². The number of amides is 2. The van der Waals surface area contributed by atoms with Gasteiger partial charge in [0.2, 0.25) is 11.6 Å². The average Bonchev–Trinajstić information content (AvgIpc) is 3.33. The summed E-state index contributed by atoms with van der Waals surface area (Å²) in [5.74, 6) is 0.900. The highest BCUT2D eigenvalue weighted by atomic mass is 32.2. The lowest BCUT2D eigenvalue weighted by atomic mass is 10.0. The fraction of sp³-hybridized carbons (Fsp3) is 0.318. The summed E-state index contributed by atoms with van der Waals surface area (Å²) in [5, 5.41) is 18.0. The molecule has 0 aromatic carbocycles. The number of thioether (sulfide) groups is 2. The van der Waals surface area contributed by atoms with Crippen LogP contribution in [0.4, 0.5) is 16.8 Å². The smallest absolute Gasteiger partial charge is 0.352 e. The molecule has 17 heteroatoms. The number of terminal acetylenes is 1. The van der Waals surface area contributed by atoms with Crippen LogP contribution in [0.1, 0.15) is 12.6 Å². The van der Waals surface area contributed by atoms with Gasteiger partial charge in [0.05, 0.1) is 12.6 Å². The number of nitrogen functional groups attached to an aromatic ring is 3. The normalized spacial score (nSPS) is 18.7. The third-order valence-corrected chi connectivity index (χ3v) is 8.65. The van der Waals surface area contributed by atoms with Gasteiger partial charge in [0.25, 0.3) is 11.8 Å². The number of fused-ring (bicyclic) bond motifs is 1. The van der Waals surface area contributed by atoms with Crippen molar-refractivity contribution in [1.82, 2.24) is 20.2 Å². The summed E-state index contributed by atoms with van der Waals surface area (Å²) in [6.45, 7) is 2.26. The predicted molar refractivity (Wildman–Crippen MR) is 147 cm³/mol. The summed E-state index contributed by atoms with van der Waals surface area (Å²) in [6.07, 6.45) is 5.17. The minimum absolute atomic E-state index is 0.125. The quantitative estimate of drug-likeness (QED) is 0.0345. The van der Waals surface area contributed by atoms with Gasteiger partial charge in [-0.05, 0) is 24.3 Å². The second-order valence-electron chi connectivity index (χ2n) is 8.03. The number of carbonyl (C=O) groups is 3. The zero-order valence-corrected chi connectivity index (χ0v) is 22.9. The van der Waals surface area contributed by atoms with Crippen LogP contribution in [-0.4, -0.2) is 73.0 Å². The van der Waals surface area contributed by atoms with E-state index in [1.54, 1.807) is 10.6 Å². The summed E-state index contributed by atoms with van der Waals surface area (Å²) in [7, 11) is 0. The zero-order valence-electron chi connectivity index (χ0n) is 20.5. The van der Waals surface area contributed by atoms with E-state index in [2.05, 4.69) is 26.4 Å². The highest BCUT2D eigenvalue weighted by Crippen LogP contribution is 2.41. The van der Waals surface area contributed by atoms with Crippen molar-refractivity contribution in [3.05, 3.63) is 28.4 Å². The number of aliphatic carboxylic acids is 1. The van der Waals surface area contributed by atoms with Crippen molar-refractivity contribution >= 4 is 75.1 Å². The molecule has 0 saturated carbocycles. The van der Waals surface area contributed by atoms with Crippen LogP contribution in [0.15, 0.2) is 33.0 Å². The van der Waals surface area contributed by atoms with Crippen molar-refractivity contribution in [1.29, 1.82) is 0 Å². The Hall–Kier alpha value is -4.01. The molecule has 2 amide bonds. The number of aromatic nitrogens is 3. The summed E-state index contributed by atoms with van der Waals surface area (Å²) >= 11 is 3.69. The molecule has 2 atom stereocenters. The van der Waals surface area contributed by atoms with E-state index in [1.165, 1.54) is 33.8 Å². The molecule has 2 aromatic rings. The maximum atomic E-state index is 13.1. The van der Waals surface area contributed by atoms with Crippen LogP contribution in [-0.2, 0) is 25.8 Å². The van der Waals surface area contributed by atoms with Gasteiger partial charge in [-0.15, -0.1) is 29.5 Å². The van der Waals surface area contributed by atoms with Crippen molar-refractivity contribution in [3.63, 3.8) is 0 Å². The van der Waals surface area contributed by atoms with E-state index in [0.29, 0.717) is 28.8 Å². The number of anilines is 3. The highest BCUT2D eigenvalue weighted by molar-refractivity contribution is 8.01. The molecule has 2 aliphatic heterocycles. The summed E-state index contributed by atoms with van der Waals surface area (Å²) in [4.78, 5) is 52.8. The molecule has 0 bridgehead atoms. The van der Waals surface area contributed by atoms with Crippen LogP contribution >= 0.6 is 34.9 Å². The number of thiazole rings is 1. The Morgan fingerprint density at radius 2 is 2.18 bits per heavy atom. The maximum absolute atomic E-state index is 13.1. The molecule has 8 N–H and O–H groups in total. The number of nitrogens with one attached hydrogen (secondary N) is 1. The predicted octanol–water partition coefficient (Wildman–Crippen LogP) is -0.523. The molecule has 1 fully saturated rings. The number of rotatable bonds is 10. The Labute approximate surface area is 235 Å². The molecule has 14 nitrogen and oxygen atoms in total. The third kappa shape index (κ3) is 5.72. The minimum Gasteiger partial charge on any atom is -0.477 e. The van der Waals surface area contributed by atoms with Gasteiger partial charge in [0, 0.05) is 16.9 Å². The first-order chi connectivity index (χ1) is 18.7. The molecule has 2 aliphatic rings. The van der Waals surface area contributed by atoms with Crippen LogP contribution in [0.3, 0.4) is 0 Å². The maximum Gasteiger partial charge on any atom is 0.352 e. The van der Waals surface area contributed by atoms with E-state index in [1.807, 2.05) is 6.92 Å². The lowest BCUT2D eigenvalue weighted by Crippen LogP contribution is -2.71. The van der Waals surface area contributed by atoms with Gasteiger partial charge in [-0.3, -0.25) is 14.5 Å². The van der Waals surface area contributed by atoms with Crippen molar-refractivity contribution in [2.24, 2.45) is 5.16 Å². The van der Waals surface area contributed by atoms with Crippen LogP contribution < -0.4 is 27.1 Å². The third-order valence-electron chi connectivity index (χ3n) is 5.57. The Balaban J connectivity index is 1.52. The lowest BCUT2D eigenvalue weighted by molar-refractivity contribution is -0.719. The Morgan fingerprint density at radius 3 is 2.82 bits per heavy atom. The standard InChI is InChI=1S/C22H23N9O5S3/c1-3-5-36-29-14(11-9-38-21(25)26-11)17(32)28-15-18(33)31-16(20(34)35)10(7-37-19(15)31)8-39-22-27-12(23)6-13(24)30(22)4-2/h1,6,9,15,19H,4-5,7-8H2,2H3,(H7,23,24,25,26,28,32,34,35)/p+1/b29-14-/t15?,19-/m1/s1. The van der Waals surface area contributed by atoms with E-state index in [4.69, 9.17) is 28.5 Å². The van der Waals surface area contributed by atoms with E-state index in [0.717, 1.165) is 11.3 Å². The number of β-lactam (4-membered cyclic amide) rings is 1. The number of nitrogens with two attached hydrogens (primary N) is 3. The number of carboxylic acids is 1. The van der Waals surface area contributed by atoms with Gasteiger partial charge in [0.1, 0.15) is 22.8 Å². The first-order valence-corrected chi connectivity index (χ1v) is 14.2. The van der Waals surface area contributed by atoms with E-state index >= 15 is 0 Å². The number of carbonyl (C=O) groups excluding carboxylic acids is 2. The number of nitrogens with zero attached hydrogens (tertiary/aromatic N) is 5. The molecule has 0 aliphatic carbocycles. The summed E-state index contributed by atoms with van der Waals surface area (Å²) < 4.78 is 1.75. The topological polar surface area (TPSA) is 216 Å². The number of hydrogen-bond donors (Lipinski definition) is 5. The molecule has 39 heavy (non-hydrogen) atoms. The first-order valence-electron chi connectivity index (χ1n) is 11.3. The molecule has 0 spiro atoms. The zero-order chi connectivity index (χ0) is 28.3. The van der Waals surface area contributed by atoms with Gasteiger partial charge in [0.15, 0.2) is 17.5 Å². The first kappa shape index (κ1) is 28.0. The van der Waals surface area contributed by atoms with Gasteiger partial charge in [-0.2, -0.15) is 0 Å². The molecular formula is C22H24N9O5S3+. The fourth-order valence-corrected chi connectivity index (χ4v) is 6.99. The molecule has 204 valence electrons. The molecule has 1 saturated heterocycles. The Bertz CT molecular complexity index is 1430. The molecule has 0 radical (unpaired) electrons. The molecule has 4 rings (SSSR count). The lowest BCUT2D eigenvalue weighted by Gasteiger charge is -2.49. The van der Waals surface area contributed by atoms with E-state index in [-0.39, 0.29) is 40.4 Å². The molecule has 1 unspecified atom stereocenters. The van der Waals surface area contributed by atoms with Crippen molar-refractivity contribution in [2.45, 2.75) is 30.0 Å². The van der Waals surface area contributed by atoms with Crippen molar-refractivity contribution in [2.75, 3.05) is 35.3 Å². The SMILES string of the molecule is C#CCO/N=C(\C(=O)NC1C(=O)N2C(C(=O)O)=C(CSc3nc(N)cc(N)[n+]3CC)CS[C@H]12)c1csc(N)n1. The fourth-order valence-electron chi connectivity index (χ4n) is 3.86. The van der Waals surface area contributed by atoms with Gasteiger partial charge < -0.3 is 32.5 Å². The van der Waals surface area contributed by atoms with Crippen LogP contribution in [0.2, 0.25) is 0 Å². The largest absolute Gasteiger partial charge is 0.477 e. The second kappa shape index (κ2) is 11.8. The highest BCUT2D eigenvalue weighted by Gasteiger charge is 2.54. The number of oxime groups is 1. The summed E-state index contributed by atoms with van der Waals surface area (Å²) in [6, 6.07) is 0.558. The average molecular weight is 591 g/mol. The van der Waals surface area contributed by atoms with Gasteiger partial charge in [-0.25, -0.2) is 14.3 Å². The molecular weight excluding hydrogens is 567 g/mol. The number of hydrogen-bond acceptors (Lipinski definition) is 13. The van der Waals surface area contributed by atoms with Crippen molar-refractivity contribution in [3.8, 4) is 12.3 Å². The second-order valence-corrected chi connectivity index (χ2v) is 11.0.